The Labute approximate surface area is 103 Å². The molecule has 17 heavy (non-hydrogen) atoms. The maximum Gasteiger partial charge on any atom is 0.0726 e. The largest absolute Gasteiger partial charge is 0.383 e. The van der Waals surface area contributed by atoms with Crippen LogP contribution in [0.15, 0.2) is 12.4 Å². The van der Waals surface area contributed by atoms with E-state index in [1.807, 2.05) is 24.1 Å². The third kappa shape index (κ3) is 4.38. The SMILES string of the molecule is Cn1cc(NCCCCC2CCOCC2)cn1. The Morgan fingerprint density at radius 2 is 2.24 bits per heavy atom. The monoisotopic (exact) mass is 237 g/mol. The van der Waals surface area contributed by atoms with Gasteiger partial charge in [0.05, 0.1) is 11.9 Å². The van der Waals surface area contributed by atoms with Crippen molar-refractivity contribution in [3.8, 4) is 0 Å². The Hall–Kier alpha value is -1.03. The number of aryl methyl sites for hydroxylation is 1. The van der Waals surface area contributed by atoms with Gasteiger partial charge in [-0.05, 0) is 25.2 Å². The fraction of sp³-hybridized carbons (Fsp3) is 0.769. The second-order valence-corrected chi connectivity index (χ2v) is 4.88. The van der Waals surface area contributed by atoms with Crippen LogP contribution in [0.5, 0.6) is 0 Å². The molecular formula is C13H23N3O. The normalized spacial score (nSPS) is 17.2. The highest BCUT2D eigenvalue weighted by molar-refractivity contribution is 5.37. The molecule has 0 saturated carbocycles. The first-order valence-electron chi connectivity index (χ1n) is 6.65. The molecule has 96 valence electrons. The van der Waals surface area contributed by atoms with E-state index in [-0.39, 0.29) is 0 Å². The molecule has 0 unspecified atom stereocenters. The van der Waals surface area contributed by atoms with Gasteiger partial charge in [-0.2, -0.15) is 5.10 Å². The minimum absolute atomic E-state index is 0.905. The quantitative estimate of drug-likeness (QED) is 0.772. The van der Waals surface area contributed by atoms with Gasteiger partial charge in [0.25, 0.3) is 0 Å². The van der Waals surface area contributed by atoms with Crippen LogP contribution in [0.2, 0.25) is 0 Å². The number of hydrogen-bond acceptors (Lipinski definition) is 3. The van der Waals surface area contributed by atoms with Gasteiger partial charge in [0, 0.05) is 33.0 Å². The summed E-state index contributed by atoms with van der Waals surface area (Å²) in [5.74, 6) is 0.905. The Morgan fingerprint density at radius 1 is 1.41 bits per heavy atom. The molecule has 1 aliphatic heterocycles. The van der Waals surface area contributed by atoms with Crippen LogP contribution in [0.25, 0.3) is 0 Å². The first kappa shape index (κ1) is 12.4. The summed E-state index contributed by atoms with van der Waals surface area (Å²) < 4.78 is 7.19. The zero-order valence-corrected chi connectivity index (χ0v) is 10.7. The van der Waals surface area contributed by atoms with E-state index in [0.29, 0.717) is 0 Å². The van der Waals surface area contributed by atoms with Crippen molar-refractivity contribution in [1.82, 2.24) is 9.78 Å². The molecule has 0 spiro atoms. The van der Waals surface area contributed by atoms with Crippen molar-refractivity contribution < 1.29 is 4.74 Å². The van der Waals surface area contributed by atoms with Crippen LogP contribution < -0.4 is 5.32 Å². The lowest BCUT2D eigenvalue weighted by molar-refractivity contribution is 0.0632. The van der Waals surface area contributed by atoms with Crippen molar-refractivity contribution in [1.29, 1.82) is 0 Å². The van der Waals surface area contributed by atoms with Crippen molar-refractivity contribution in [2.24, 2.45) is 13.0 Å². The van der Waals surface area contributed by atoms with Crippen molar-refractivity contribution in [2.75, 3.05) is 25.1 Å². The predicted octanol–water partition coefficient (Wildman–Crippen LogP) is 2.43. The van der Waals surface area contributed by atoms with Crippen molar-refractivity contribution in [3.63, 3.8) is 0 Å². The Kier molecular flexibility index (Phi) is 4.86. The van der Waals surface area contributed by atoms with Crippen LogP contribution >= 0.6 is 0 Å². The van der Waals surface area contributed by atoms with Gasteiger partial charge in [-0.15, -0.1) is 0 Å². The lowest BCUT2D eigenvalue weighted by atomic mass is 9.94. The Balaban J connectivity index is 1.51. The summed E-state index contributed by atoms with van der Waals surface area (Å²) in [6.45, 7) is 2.99. The zero-order chi connectivity index (χ0) is 11.9. The van der Waals surface area contributed by atoms with Gasteiger partial charge in [0.1, 0.15) is 0 Å². The smallest absolute Gasteiger partial charge is 0.0726 e. The first-order valence-corrected chi connectivity index (χ1v) is 6.65. The molecule has 1 saturated heterocycles. The standard InChI is InChI=1S/C13H23N3O/c1-16-11-13(10-15-16)14-7-3-2-4-12-5-8-17-9-6-12/h10-12,14H,2-9H2,1H3. The maximum absolute atomic E-state index is 5.37. The molecule has 0 amide bonds. The van der Waals surface area contributed by atoms with E-state index >= 15 is 0 Å². The van der Waals surface area contributed by atoms with E-state index in [9.17, 15) is 0 Å². The highest BCUT2D eigenvalue weighted by Gasteiger charge is 2.12. The molecule has 0 aliphatic carbocycles. The van der Waals surface area contributed by atoms with Crippen LogP contribution in [0.3, 0.4) is 0 Å². The van der Waals surface area contributed by atoms with Crippen LogP contribution in [0, 0.1) is 5.92 Å². The first-order chi connectivity index (χ1) is 8.34. The van der Waals surface area contributed by atoms with E-state index in [2.05, 4.69) is 10.4 Å². The summed E-state index contributed by atoms with van der Waals surface area (Å²) in [6, 6.07) is 0. The average Bonchev–Trinajstić information content (AvgIpc) is 2.76. The molecule has 0 atom stereocenters. The molecule has 0 bridgehead atoms. The summed E-state index contributed by atoms with van der Waals surface area (Å²) >= 11 is 0. The molecule has 2 rings (SSSR count). The van der Waals surface area contributed by atoms with E-state index in [0.717, 1.165) is 31.4 Å². The molecule has 4 nitrogen and oxygen atoms in total. The molecule has 2 heterocycles. The Bertz CT molecular complexity index is 318. The number of nitrogens with zero attached hydrogens (tertiary/aromatic N) is 2. The molecular weight excluding hydrogens is 214 g/mol. The molecule has 0 radical (unpaired) electrons. The number of anilines is 1. The summed E-state index contributed by atoms with van der Waals surface area (Å²) in [6.07, 6.45) is 10.3. The molecule has 1 aromatic rings. The van der Waals surface area contributed by atoms with Gasteiger partial charge in [0.2, 0.25) is 0 Å². The summed E-state index contributed by atoms with van der Waals surface area (Å²) in [4.78, 5) is 0. The Morgan fingerprint density at radius 3 is 2.94 bits per heavy atom. The third-order valence-corrected chi connectivity index (χ3v) is 3.41. The van der Waals surface area contributed by atoms with Gasteiger partial charge < -0.3 is 10.1 Å². The molecule has 0 aromatic carbocycles. The van der Waals surface area contributed by atoms with E-state index in [1.54, 1.807) is 0 Å². The fourth-order valence-corrected chi connectivity index (χ4v) is 2.34. The number of ether oxygens (including phenoxy) is 1. The van der Waals surface area contributed by atoms with Crippen LogP contribution in [-0.4, -0.2) is 29.5 Å². The second-order valence-electron chi connectivity index (χ2n) is 4.88. The van der Waals surface area contributed by atoms with Crippen molar-refractivity contribution in [2.45, 2.75) is 32.1 Å². The third-order valence-electron chi connectivity index (χ3n) is 3.41. The van der Waals surface area contributed by atoms with Gasteiger partial charge >= 0.3 is 0 Å². The molecule has 1 aromatic heterocycles. The van der Waals surface area contributed by atoms with Gasteiger partial charge in [0.15, 0.2) is 0 Å². The topological polar surface area (TPSA) is 39.1 Å². The van der Waals surface area contributed by atoms with Crippen LogP contribution in [-0.2, 0) is 11.8 Å². The van der Waals surface area contributed by atoms with Crippen molar-refractivity contribution in [3.05, 3.63) is 12.4 Å². The zero-order valence-electron chi connectivity index (χ0n) is 10.7. The number of aromatic nitrogens is 2. The average molecular weight is 237 g/mol. The maximum atomic E-state index is 5.37. The number of nitrogens with one attached hydrogen (secondary N) is 1. The molecule has 1 fully saturated rings. The van der Waals surface area contributed by atoms with Gasteiger partial charge in [-0.3, -0.25) is 4.68 Å². The molecule has 1 aliphatic rings. The lowest BCUT2D eigenvalue weighted by Gasteiger charge is -2.21. The van der Waals surface area contributed by atoms with Gasteiger partial charge in [-0.25, -0.2) is 0 Å². The lowest BCUT2D eigenvalue weighted by Crippen LogP contribution is -2.15. The fourth-order valence-electron chi connectivity index (χ4n) is 2.34. The summed E-state index contributed by atoms with van der Waals surface area (Å²) in [7, 11) is 1.94. The highest BCUT2D eigenvalue weighted by atomic mass is 16.5. The predicted molar refractivity (Wildman–Crippen MR) is 69.1 cm³/mol. The molecule has 4 heteroatoms. The van der Waals surface area contributed by atoms with Crippen LogP contribution in [0.1, 0.15) is 32.1 Å². The highest BCUT2D eigenvalue weighted by Crippen LogP contribution is 2.20. The molecule has 1 N–H and O–H groups in total. The van der Waals surface area contributed by atoms with E-state index < -0.39 is 0 Å². The summed E-state index contributed by atoms with van der Waals surface area (Å²) in [5, 5.41) is 7.52. The number of rotatable bonds is 6. The minimum atomic E-state index is 0.905. The minimum Gasteiger partial charge on any atom is -0.383 e. The van der Waals surface area contributed by atoms with Crippen molar-refractivity contribution >= 4 is 5.69 Å². The number of hydrogen-bond donors (Lipinski definition) is 1. The summed E-state index contributed by atoms with van der Waals surface area (Å²) in [5.41, 5.74) is 1.12. The van der Waals surface area contributed by atoms with Crippen LogP contribution in [0.4, 0.5) is 5.69 Å². The second kappa shape index (κ2) is 6.64. The number of unbranched alkanes of at least 4 members (excludes halogenated alkanes) is 1. The van der Waals surface area contributed by atoms with E-state index in [1.165, 1.54) is 32.1 Å². The van der Waals surface area contributed by atoms with E-state index in [4.69, 9.17) is 4.74 Å². The van der Waals surface area contributed by atoms with Gasteiger partial charge in [-0.1, -0.05) is 12.8 Å².